The molecule has 1 aromatic heterocycles. The Bertz CT molecular complexity index is 952. The first kappa shape index (κ1) is 18.4. The van der Waals surface area contributed by atoms with Crippen molar-refractivity contribution in [1.29, 1.82) is 0 Å². The van der Waals surface area contributed by atoms with E-state index in [0.29, 0.717) is 0 Å². The summed E-state index contributed by atoms with van der Waals surface area (Å²) in [6, 6.07) is 1.14. The second-order valence-corrected chi connectivity index (χ2v) is 8.46. The van der Waals surface area contributed by atoms with Crippen molar-refractivity contribution in [3.05, 3.63) is 43.5 Å². The molecular weight excluding hydrogens is 381 g/mol. The molecule has 0 amide bonds. The number of azide groups is 1. The maximum atomic E-state index is 12.9. The molecule has 1 aromatic rings. The third-order valence-corrected chi connectivity index (χ3v) is 6.56. The number of ether oxygens (including phenoxy) is 1. The van der Waals surface area contributed by atoms with Crippen molar-refractivity contribution in [3.8, 4) is 0 Å². The number of nitrogens with one attached hydrogen (secondary N) is 1. The van der Waals surface area contributed by atoms with Gasteiger partial charge in [0.2, 0.25) is 0 Å². The van der Waals surface area contributed by atoms with Crippen molar-refractivity contribution < 1.29 is 22.9 Å². The molecule has 0 radical (unpaired) electrons. The van der Waals surface area contributed by atoms with Crippen molar-refractivity contribution in [2.24, 2.45) is 5.11 Å². The number of phosphoric acid groups is 1. The Kier molecular flexibility index (Phi) is 4.50. The van der Waals surface area contributed by atoms with Crippen LogP contribution in [-0.2, 0) is 22.9 Å². The van der Waals surface area contributed by atoms with Gasteiger partial charge >= 0.3 is 13.5 Å². The third kappa shape index (κ3) is 3.14. The molecule has 1 unspecified atom stereocenters. The zero-order chi connectivity index (χ0) is 19.2. The monoisotopic (exact) mass is 399 g/mol. The standard InChI is InChI=1S/C14H18N5O7P/c1-14(17-18-15)11-9(7-23-27(22,26-11)25-8-3-2-4-8)24-12(14)19-6-5-10(20)16-13(19)21/h5-6,8-9,11-12H,2-4,7H2,1H3,(H,16,20,21)/t9-,11?,12-,14-,27-/m1/s1. The molecule has 1 saturated carbocycles. The van der Waals surface area contributed by atoms with Crippen LogP contribution in [0.4, 0.5) is 0 Å². The van der Waals surface area contributed by atoms with E-state index in [1.807, 2.05) is 0 Å². The summed E-state index contributed by atoms with van der Waals surface area (Å²) in [4.78, 5) is 28.5. The Hall–Kier alpha value is -1.94. The Morgan fingerprint density at radius 1 is 1.48 bits per heavy atom. The molecule has 0 aromatic carbocycles. The van der Waals surface area contributed by atoms with E-state index in [0.717, 1.165) is 29.9 Å². The molecule has 2 aliphatic heterocycles. The molecule has 146 valence electrons. The van der Waals surface area contributed by atoms with Crippen LogP contribution in [-0.4, -0.2) is 40.0 Å². The minimum Gasteiger partial charge on any atom is -0.349 e. The van der Waals surface area contributed by atoms with Crippen LogP contribution in [0.3, 0.4) is 0 Å². The fourth-order valence-corrected chi connectivity index (χ4v) is 5.11. The Labute approximate surface area is 152 Å². The fraction of sp³-hybridized carbons (Fsp3) is 0.714. The average molecular weight is 399 g/mol. The smallest absolute Gasteiger partial charge is 0.349 e. The molecule has 5 atom stereocenters. The van der Waals surface area contributed by atoms with E-state index in [4.69, 9.17) is 23.8 Å². The van der Waals surface area contributed by atoms with Gasteiger partial charge in [0, 0.05) is 17.2 Å². The molecule has 3 fully saturated rings. The van der Waals surface area contributed by atoms with Gasteiger partial charge in [-0.15, -0.1) is 0 Å². The number of rotatable bonds is 4. The zero-order valence-electron chi connectivity index (χ0n) is 14.4. The fourth-order valence-electron chi connectivity index (χ4n) is 3.40. The maximum absolute atomic E-state index is 12.9. The van der Waals surface area contributed by atoms with Gasteiger partial charge in [-0.25, -0.2) is 9.36 Å². The normalized spacial score (nSPS) is 38.6. The lowest BCUT2D eigenvalue weighted by Gasteiger charge is -2.37. The van der Waals surface area contributed by atoms with Crippen LogP contribution in [0.2, 0.25) is 0 Å². The summed E-state index contributed by atoms with van der Waals surface area (Å²) in [6.45, 7) is 1.42. The predicted octanol–water partition coefficient (Wildman–Crippen LogP) is 1.60. The number of hydrogen-bond donors (Lipinski definition) is 1. The highest BCUT2D eigenvalue weighted by Crippen LogP contribution is 2.61. The van der Waals surface area contributed by atoms with Crippen LogP contribution >= 0.6 is 7.82 Å². The van der Waals surface area contributed by atoms with E-state index in [1.54, 1.807) is 0 Å². The summed E-state index contributed by atoms with van der Waals surface area (Å²) in [5, 5.41) is 3.79. The van der Waals surface area contributed by atoms with Gasteiger partial charge in [-0.2, -0.15) is 0 Å². The highest BCUT2D eigenvalue weighted by molar-refractivity contribution is 7.48. The van der Waals surface area contributed by atoms with Gasteiger partial charge in [0.05, 0.1) is 12.7 Å². The minimum absolute atomic E-state index is 0.111. The van der Waals surface area contributed by atoms with Gasteiger partial charge in [0.15, 0.2) is 6.23 Å². The summed E-state index contributed by atoms with van der Waals surface area (Å²) >= 11 is 0. The van der Waals surface area contributed by atoms with Crippen LogP contribution in [0, 0.1) is 0 Å². The van der Waals surface area contributed by atoms with Gasteiger partial charge in [0.1, 0.15) is 17.7 Å². The molecule has 4 rings (SSSR count). The second kappa shape index (κ2) is 6.59. The molecule has 13 heteroatoms. The second-order valence-electron chi connectivity index (χ2n) is 6.89. The molecule has 27 heavy (non-hydrogen) atoms. The van der Waals surface area contributed by atoms with E-state index >= 15 is 0 Å². The number of aromatic amines is 1. The topological polar surface area (TPSA) is 158 Å². The molecule has 12 nitrogen and oxygen atoms in total. The number of nitrogens with zero attached hydrogens (tertiary/aromatic N) is 4. The van der Waals surface area contributed by atoms with Crippen LogP contribution in [0.1, 0.15) is 32.4 Å². The summed E-state index contributed by atoms with van der Waals surface area (Å²) in [5.74, 6) is 0. The summed E-state index contributed by atoms with van der Waals surface area (Å²) < 4.78 is 36.2. The largest absolute Gasteiger partial charge is 0.475 e. The van der Waals surface area contributed by atoms with Crippen molar-refractivity contribution in [2.45, 2.75) is 56.3 Å². The SMILES string of the molecule is C[C@@]1(N=[N+]=[N-])C2O[P@@](=O)(OC3CCC3)OC[C@H]2O[C@H]1n1ccc(=O)[nH]c1=O. The molecule has 3 heterocycles. The lowest BCUT2D eigenvalue weighted by Crippen LogP contribution is -2.48. The van der Waals surface area contributed by atoms with Crippen LogP contribution in [0.15, 0.2) is 27.0 Å². The van der Waals surface area contributed by atoms with E-state index in [9.17, 15) is 14.2 Å². The number of hydrogen-bond acceptors (Lipinski definition) is 8. The van der Waals surface area contributed by atoms with Crippen molar-refractivity contribution in [2.75, 3.05) is 6.61 Å². The van der Waals surface area contributed by atoms with Gasteiger partial charge in [-0.1, -0.05) is 5.11 Å². The predicted molar refractivity (Wildman–Crippen MR) is 89.9 cm³/mol. The van der Waals surface area contributed by atoms with Gasteiger partial charge in [-0.05, 0) is 31.7 Å². The zero-order valence-corrected chi connectivity index (χ0v) is 15.3. The lowest BCUT2D eigenvalue weighted by atomic mass is 9.93. The molecule has 1 N–H and O–H groups in total. The van der Waals surface area contributed by atoms with Gasteiger partial charge in [-0.3, -0.25) is 27.9 Å². The highest BCUT2D eigenvalue weighted by Gasteiger charge is 2.61. The highest BCUT2D eigenvalue weighted by atomic mass is 31.2. The first-order valence-corrected chi connectivity index (χ1v) is 9.95. The van der Waals surface area contributed by atoms with E-state index in [1.165, 1.54) is 13.1 Å². The Morgan fingerprint density at radius 3 is 2.89 bits per heavy atom. The van der Waals surface area contributed by atoms with Crippen LogP contribution in [0.5, 0.6) is 0 Å². The molecule has 3 aliphatic rings. The molecular formula is C14H18N5O7P. The first-order valence-electron chi connectivity index (χ1n) is 8.49. The Morgan fingerprint density at radius 2 is 2.26 bits per heavy atom. The molecule has 0 bridgehead atoms. The minimum atomic E-state index is -3.85. The summed E-state index contributed by atoms with van der Waals surface area (Å²) in [5.41, 5.74) is 6.32. The van der Waals surface area contributed by atoms with E-state index in [-0.39, 0.29) is 12.7 Å². The number of phosphoric ester groups is 1. The third-order valence-electron chi connectivity index (χ3n) is 5.05. The van der Waals surface area contributed by atoms with Crippen molar-refractivity contribution >= 4 is 7.82 Å². The van der Waals surface area contributed by atoms with E-state index in [2.05, 4.69) is 15.0 Å². The van der Waals surface area contributed by atoms with Crippen LogP contribution < -0.4 is 11.2 Å². The van der Waals surface area contributed by atoms with E-state index < -0.39 is 43.0 Å². The van der Waals surface area contributed by atoms with Crippen molar-refractivity contribution in [1.82, 2.24) is 9.55 Å². The first-order chi connectivity index (χ1) is 12.8. The number of H-pyrrole nitrogens is 1. The van der Waals surface area contributed by atoms with Crippen LogP contribution in [0.25, 0.3) is 10.4 Å². The van der Waals surface area contributed by atoms with Gasteiger partial charge in [0.25, 0.3) is 5.56 Å². The number of fused-ring (bicyclic) bond motifs is 1. The molecule has 1 aliphatic carbocycles. The lowest BCUT2D eigenvalue weighted by molar-refractivity contribution is -0.0800. The average Bonchev–Trinajstić information content (AvgIpc) is 2.84. The van der Waals surface area contributed by atoms with Gasteiger partial charge < -0.3 is 4.74 Å². The Balaban J connectivity index is 1.68. The summed E-state index contributed by atoms with van der Waals surface area (Å²) in [7, 11) is -3.85. The maximum Gasteiger partial charge on any atom is 0.475 e. The number of aromatic nitrogens is 2. The van der Waals surface area contributed by atoms with Crippen molar-refractivity contribution in [3.63, 3.8) is 0 Å². The quantitative estimate of drug-likeness (QED) is 0.348. The molecule has 0 spiro atoms. The molecule has 2 saturated heterocycles. The summed E-state index contributed by atoms with van der Waals surface area (Å²) in [6.07, 6.45) is 0.764.